The number of hydrogen-bond donors (Lipinski definition) is 1. The minimum Gasteiger partial charge on any atom is -0.471 e. The fourth-order valence-corrected chi connectivity index (χ4v) is 2.23. The first-order chi connectivity index (χ1) is 9.33. The topological polar surface area (TPSA) is 47.0 Å². The molecule has 2 aromatic rings. The summed E-state index contributed by atoms with van der Waals surface area (Å²) in [5, 5.41) is 3.97. The van der Waals surface area contributed by atoms with Gasteiger partial charge in [-0.3, -0.25) is 0 Å². The van der Waals surface area contributed by atoms with E-state index in [1.165, 1.54) is 0 Å². The van der Waals surface area contributed by atoms with E-state index in [9.17, 15) is 0 Å². The van der Waals surface area contributed by atoms with E-state index in [0.717, 1.165) is 30.8 Å². The highest BCUT2D eigenvalue weighted by Gasteiger charge is 2.19. The second-order valence-electron chi connectivity index (χ2n) is 4.45. The summed E-state index contributed by atoms with van der Waals surface area (Å²) < 4.78 is 5.92. The zero-order chi connectivity index (χ0) is 13.1. The molecule has 1 aliphatic heterocycles. The molecule has 1 aromatic carbocycles. The Bertz CT molecular complexity index is 553. The van der Waals surface area contributed by atoms with Crippen molar-refractivity contribution in [2.45, 2.75) is 12.5 Å². The van der Waals surface area contributed by atoms with Gasteiger partial charge in [0.15, 0.2) is 0 Å². The van der Waals surface area contributed by atoms with Crippen LogP contribution in [-0.4, -0.2) is 29.2 Å². The summed E-state index contributed by atoms with van der Waals surface area (Å²) in [5.74, 6) is 0.582. The number of aromatic nitrogens is 2. The number of ether oxygens (including phenoxy) is 1. The van der Waals surface area contributed by atoms with Crippen molar-refractivity contribution < 1.29 is 4.74 Å². The number of hydrogen-bond acceptors (Lipinski definition) is 4. The molecule has 0 spiro atoms. The Balaban J connectivity index is 1.90. The van der Waals surface area contributed by atoms with Crippen molar-refractivity contribution in [1.82, 2.24) is 15.3 Å². The summed E-state index contributed by atoms with van der Waals surface area (Å²) in [5.41, 5.74) is 1.71. The van der Waals surface area contributed by atoms with E-state index in [-0.39, 0.29) is 6.10 Å². The maximum atomic E-state index is 5.92. The summed E-state index contributed by atoms with van der Waals surface area (Å²) in [6, 6.07) is 7.52. The molecule has 4 nitrogen and oxygen atoms in total. The van der Waals surface area contributed by atoms with E-state index in [1.807, 2.05) is 24.3 Å². The molecule has 19 heavy (non-hydrogen) atoms. The van der Waals surface area contributed by atoms with Gasteiger partial charge in [-0.15, -0.1) is 0 Å². The van der Waals surface area contributed by atoms with Crippen LogP contribution in [0.15, 0.2) is 36.7 Å². The second kappa shape index (κ2) is 5.55. The molecule has 0 bridgehead atoms. The van der Waals surface area contributed by atoms with E-state index >= 15 is 0 Å². The fourth-order valence-electron chi connectivity index (χ4n) is 2.10. The van der Waals surface area contributed by atoms with Gasteiger partial charge < -0.3 is 10.1 Å². The SMILES string of the molecule is Clc1ccc(-c2nccnc2OC2CCNC2)cc1. The van der Waals surface area contributed by atoms with Crippen LogP contribution < -0.4 is 10.1 Å². The zero-order valence-corrected chi connectivity index (χ0v) is 11.1. The first kappa shape index (κ1) is 12.4. The highest BCUT2D eigenvalue weighted by molar-refractivity contribution is 6.30. The molecule has 1 unspecified atom stereocenters. The first-order valence-corrected chi connectivity index (χ1v) is 6.65. The Hall–Kier alpha value is -1.65. The number of nitrogens with zero attached hydrogens (tertiary/aromatic N) is 2. The molecule has 98 valence electrons. The lowest BCUT2D eigenvalue weighted by Crippen LogP contribution is -2.20. The van der Waals surface area contributed by atoms with Crippen LogP contribution >= 0.6 is 11.6 Å². The molecular formula is C14H14ClN3O. The third kappa shape index (κ3) is 2.85. The molecule has 0 amide bonds. The van der Waals surface area contributed by atoms with Crippen molar-refractivity contribution in [3.8, 4) is 17.1 Å². The van der Waals surface area contributed by atoms with Crippen LogP contribution in [0.3, 0.4) is 0 Å². The average molecular weight is 276 g/mol. The fraction of sp³-hybridized carbons (Fsp3) is 0.286. The van der Waals surface area contributed by atoms with Crippen molar-refractivity contribution >= 4 is 11.6 Å². The smallest absolute Gasteiger partial charge is 0.240 e. The van der Waals surface area contributed by atoms with Crippen molar-refractivity contribution in [2.75, 3.05) is 13.1 Å². The largest absolute Gasteiger partial charge is 0.471 e. The zero-order valence-electron chi connectivity index (χ0n) is 10.3. The Morgan fingerprint density at radius 2 is 1.95 bits per heavy atom. The first-order valence-electron chi connectivity index (χ1n) is 6.27. The van der Waals surface area contributed by atoms with Gasteiger partial charge in [-0.2, -0.15) is 0 Å². The van der Waals surface area contributed by atoms with Crippen LogP contribution in [0.4, 0.5) is 0 Å². The van der Waals surface area contributed by atoms with Crippen LogP contribution in [0.2, 0.25) is 5.02 Å². The van der Waals surface area contributed by atoms with Gasteiger partial charge in [0.2, 0.25) is 5.88 Å². The van der Waals surface area contributed by atoms with Crippen LogP contribution in [0.5, 0.6) is 5.88 Å². The summed E-state index contributed by atoms with van der Waals surface area (Å²) in [4.78, 5) is 8.67. The van der Waals surface area contributed by atoms with Crippen molar-refractivity contribution in [3.63, 3.8) is 0 Å². The molecule has 3 rings (SSSR count). The molecule has 1 aliphatic rings. The van der Waals surface area contributed by atoms with E-state index in [0.29, 0.717) is 10.9 Å². The van der Waals surface area contributed by atoms with Crippen LogP contribution in [0.1, 0.15) is 6.42 Å². The van der Waals surface area contributed by atoms with E-state index in [2.05, 4.69) is 15.3 Å². The van der Waals surface area contributed by atoms with Crippen LogP contribution in [0, 0.1) is 0 Å². The standard InChI is InChI=1S/C14H14ClN3O/c15-11-3-1-10(2-4-11)13-14(18-8-7-17-13)19-12-5-6-16-9-12/h1-4,7-8,12,16H,5-6,9H2. The Kier molecular flexibility index (Phi) is 3.62. The van der Waals surface area contributed by atoms with Gasteiger partial charge in [0.25, 0.3) is 0 Å². The normalized spacial score (nSPS) is 18.5. The highest BCUT2D eigenvalue weighted by atomic mass is 35.5. The Morgan fingerprint density at radius 3 is 2.68 bits per heavy atom. The predicted octanol–water partition coefficient (Wildman–Crippen LogP) is 2.54. The molecule has 0 saturated carbocycles. The van der Waals surface area contributed by atoms with E-state index < -0.39 is 0 Å². The molecule has 0 radical (unpaired) electrons. The minimum atomic E-state index is 0.169. The van der Waals surface area contributed by atoms with Gasteiger partial charge in [-0.1, -0.05) is 23.7 Å². The average Bonchev–Trinajstić information content (AvgIpc) is 2.93. The van der Waals surface area contributed by atoms with Gasteiger partial charge in [-0.05, 0) is 25.1 Å². The third-order valence-corrected chi connectivity index (χ3v) is 3.33. The lowest BCUT2D eigenvalue weighted by Gasteiger charge is -2.14. The van der Waals surface area contributed by atoms with Gasteiger partial charge in [0, 0.05) is 29.5 Å². The second-order valence-corrected chi connectivity index (χ2v) is 4.89. The number of halogens is 1. The Morgan fingerprint density at radius 1 is 1.16 bits per heavy atom. The quantitative estimate of drug-likeness (QED) is 0.935. The Labute approximate surface area is 116 Å². The molecular weight excluding hydrogens is 262 g/mol. The molecule has 1 atom stereocenters. The monoisotopic (exact) mass is 275 g/mol. The number of rotatable bonds is 3. The third-order valence-electron chi connectivity index (χ3n) is 3.08. The van der Waals surface area contributed by atoms with Gasteiger partial charge in [-0.25, -0.2) is 9.97 Å². The number of benzene rings is 1. The molecule has 1 aromatic heterocycles. The predicted molar refractivity (Wildman–Crippen MR) is 74.4 cm³/mol. The maximum absolute atomic E-state index is 5.92. The van der Waals surface area contributed by atoms with E-state index in [1.54, 1.807) is 12.4 Å². The molecule has 1 N–H and O–H groups in total. The van der Waals surface area contributed by atoms with E-state index in [4.69, 9.17) is 16.3 Å². The molecule has 5 heteroatoms. The van der Waals surface area contributed by atoms with Crippen LogP contribution in [0.25, 0.3) is 11.3 Å². The number of nitrogens with one attached hydrogen (secondary N) is 1. The lowest BCUT2D eigenvalue weighted by atomic mass is 10.1. The van der Waals surface area contributed by atoms with Crippen molar-refractivity contribution in [3.05, 3.63) is 41.7 Å². The molecule has 0 aliphatic carbocycles. The minimum absolute atomic E-state index is 0.169. The van der Waals surface area contributed by atoms with Crippen molar-refractivity contribution in [1.29, 1.82) is 0 Å². The van der Waals surface area contributed by atoms with Gasteiger partial charge in [0.05, 0.1) is 0 Å². The highest BCUT2D eigenvalue weighted by Crippen LogP contribution is 2.27. The summed E-state index contributed by atoms with van der Waals surface area (Å²) >= 11 is 5.90. The van der Waals surface area contributed by atoms with Crippen LogP contribution in [-0.2, 0) is 0 Å². The van der Waals surface area contributed by atoms with Crippen molar-refractivity contribution in [2.24, 2.45) is 0 Å². The summed E-state index contributed by atoms with van der Waals surface area (Å²) in [7, 11) is 0. The lowest BCUT2D eigenvalue weighted by molar-refractivity contribution is 0.214. The van der Waals surface area contributed by atoms with Gasteiger partial charge in [0.1, 0.15) is 11.8 Å². The molecule has 1 fully saturated rings. The molecule has 1 saturated heterocycles. The molecule has 2 heterocycles. The summed E-state index contributed by atoms with van der Waals surface area (Å²) in [6.45, 7) is 1.85. The maximum Gasteiger partial charge on any atom is 0.240 e. The summed E-state index contributed by atoms with van der Waals surface area (Å²) in [6.07, 6.45) is 4.49. The van der Waals surface area contributed by atoms with Gasteiger partial charge >= 0.3 is 0 Å².